The molecule has 3 aliphatic rings. The van der Waals surface area contributed by atoms with Crippen molar-refractivity contribution in [2.24, 2.45) is 0 Å². The summed E-state index contributed by atoms with van der Waals surface area (Å²) >= 11 is 0. The summed E-state index contributed by atoms with van der Waals surface area (Å²) in [6.07, 6.45) is 8.29. The number of hydrogen-bond donors (Lipinski definition) is 1. The van der Waals surface area contributed by atoms with Crippen LogP contribution in [0.15, 0.2) is 35.8 Å². The zero-order valence-corrected chi connectivity index (χ0v) is 18.0. The fourth-order valence-electron chi connectivity index (χ4n) is 5.01. The number of halogens is 2. The van der Waals surface area contributed by atoms with Gasteiger partial charge in [0, 0.05) is 41.7 Å². The number of hydrogen-bond acceptors (Lipinski definition) is 2. The molecule has 0 bridgehead atoms. The number of allylic oxidation sites excluding steroid dienone is 4. The maximum absolute atomic E-state index is 14.2. The van der Waals surface area contributed by atoms with Crippen molar-refractivity contribution in [3.63, 3.8) is 0 Å². The maximum Gasteiger partial charge on any atom is 0.256 e. The normalized spacial score (nSPS) is 23.2. The number of nitrogens with zero attached hydrogens (tertiary/aromatic N) is 3. The monoisotopic (exact) mass is 426 g/mol. The lowest BCUT2D eigenvalue weighted by atomic mass is 9.92. The second-order valence-electron chi connectivity index (χ2n) is 9.06. The Labute approximate surface area is 180 Å². The van der Waals surface area contributed by atoms with Crippen LogP contribution in [0.2, 0.25) is 0 Å². The minimum Gasteiger partial charge on any atom is -0.344 e. The Bertz CT molecular complexity index is 1080. The molecule has 1 fully saturated rings. The average Bonchev–Trinajstić information content (AvgIpc) is 3.38. The van der Waals surface area contributed by atoms with Crippen LogP contribution in [0.1, 0.15) is 58.7 Å². The van der Waals surface area contributed by atoms with Gasteiger partial charge in [-0.2, -0.15) is 5.10 Å². The highest BCUT2D eigenvalue weighted by atomic mass is 19.1. The summed E-state index contributed by atoms with van der Waals surface area (Å²) < 4.78 is 29.6. The quantitative estimate of drug-likeness (QED) is 0.765. The van der Waals surface area contributed by atoms with Crippen LogP contribution in [-0.2, 0) is 19.4 Å². The van der Waals surface area contributed by atoms with E-state index in [1.54, 1.807) is 6.08 Å². The summed E-state index contributed by atoms with van der Waals surface area (Å²) in [7, 11) is 0. The molecule has 31 heavy (non-hydrogen) atoms. The summed E-state index contributed by atoms with van der Waals surface area (Å²) in [4.78, 5) is 15.8. The molecule has 0 spiro atoms. The molecular weight excluding hydrogens is 398 g/mol. The van der Waals surface area contributed by atoms with Crippen molar-refractivity contribution in [1.29, 1.82) is 0 Å². The van der Waals surface area contributed by atoms with Gasteiger partial charge in [0.25, 0.3) is 5.91 Å². The van der Waals surface area contributed by atoms with E-state index in [4.69, 9.17) is 0 Å². The number of aromatic amines is 1. The topological polar surface area (TPSA) is 53.9 Å². The number of carbonyl (C=O) groups excluding carboxylic acids is 1. The van der Waals surface area contributed by atoms with Crippen LogP contribution in [0, 0.1) is 13.8 Å². The molecule has 0 radical (unpaired) electrons. The molecule has 1 N–H and O–H groups in total. The van der Waals surface area contributed by atoms with Crippen molar-refractivity contribution < 1.29 is 13.6 Å². The van der Waals surface area contributed by atoms with Gasteiger partial charge in [-0.3, -0.25) is 9.89 Å². The molecule has 2 unspecified atom stereocenters. The van der Waals surface area contributed by atoms with Crippen LogP contribution in [-0.4, -0.2) is 43.8 Å². The summed E-state index contributed by atoms with van der Waals surface area (Å²) in [6, 6.07) is 2.40. The predicted octanol–water partition coefficient (Wildman–Crippen LogP) is 4.51. The van der Waals surface area contributed by atoms with Crippen LogP contribution < -0.4 is 0 Å². The lowest BCUT2D eigenvalue weighted by molar-refractivity contribution is 0.0642. The van der Waals surface area contributed by atoms with Crippen LogP contribution in [0.5, 0.6) is 0 Å². The fourth-order valence-corrected chi connectivity index (χ4v) is 5.01. The first-order chi connectivity index (χ1) is 14.9. The number of amides is 1. The van der Waals surface area contributed by atoms with Crippen molar-refractivity contribution >= 4 is 5.91 Å². The highest BCUT2D eigenvalue weighted by Gasteiger charge is 2.40. The van der Waals surface area contributed by atoms with Gasteiger partial charge in [0.15, 0.2) is 0 Å². The molecule has 5 nitrogen and oxygen atoms in total. The molecule has 1 saturated carbocycles. The number of rotatable bonds is 5. The van der Waals surface area contributed by atoms with Gasteiger partial charge in [-0.15, -0.1) is 0 Å². The van der Waals surface area contributed by atoms with Gasteiger partial charge in [0.2, 0.25) is 0 Å². The average molecular weight is 427 g/mol. The van der Waals surface area contributed by atoms with E-state index in [0.29, 0.717) is 23.7 Å². The van der Waals surface area contributed by atoms with Gasteiger partial charge in [0.1, 0.15) is 12.0 Å². The number of carbonyl (C=O) groups is 1. The Balaban J connectivity index is 1.40. The summed E-state index contributed by atoms with van der Waals surface area (Å²) in [6.45, 7) is 4.17. The molecule has 0 saturated heterocycles. The molecule has 5 rings (SSSR count). The fraction of sp³-hybridized carbons (Fsp3) is 0.500. The van der Waals surface area contributed by atoms with Crippen LogP contribution in [0.3, 0.4) is 0 Å². The first kappa shape index (κ1) is 20.2. The zero-order chi connectivity index (χ0) is 21.7. The SMILES string of the molecule is Cc1cc(C(=O)N(C2CC2)C2CCc3n[nH]cc3C2)c(C)n1CC1=CCC(F)C=C1F. The Morgan fingerprint density at radius 1 is 1.29 bits per heavy atom. The van der Waals surface area contributed by atoms with E-state index in [2.05, 4.69) is 15.1 Å². The van der Waals surface area contributed by atoms with E-state index in [1.807, 2.05) is 30.7 Å². The van der Waals surface area contributed by atoms with Gasteiger partial charge in [-0.1, -0.05) is 6.08 Å². The molecule has 7 heteroatoms. The third-order valence-corrected chi connectivity index (χ3v) is 6.90. The Morgan fingerprint density at radius 3 is 2.84 bits per heavy atom. The number of nitrogens with one attached hydrogen (secondary N) is 1. The van der Waals surface area contributed by atoms with Crippen LogP contribution >= 0.6 is 0 Å². The lowest BCUT2D eigenvalue weighted by Crippen LogP contribution is -2.45. The van der Waals surface area contributed by atoms with Crippen molar-refractivity contribution in [2.75, 3.05) is 0 Å². The Morgan fingerprint density at radius 2 is 2.10 bits per heavy atom. The minimum absolute atomic E-state index is 0.0660. The molecule has 3 aliphatic carbocycles. The summed E-state index contributed by atoms with van der Waals surface area (Å²) in [5.74, 6) is -0.437. The third kappa shape index (κ3) is 3.75. The zero-order valence-electron chi connectivity index (χ0n) is 18.0. The number of alkyl halides is 1. The minimum atomic E-state index is -1.26. The van der Waals surface area contributed by atoms with Crippen molar-refractivity contribution in [1.82, 2.24) is 19.7 Å². The standard InChI is InChI=1S/C24H28F2N4O/c1-14-9-21(15(2)29(14)13-16-3-4-18(25)11-22(16)26)24(31)30(19-5-6-19)20-7-8-23-17(10-20)12-27-28-23/h3,9,11-12,18-20H,4-8,10,13H2,1-2H3,(H,27,28). The first-order valence-corrected chi connectivity index (χ1v) is 11.1. The van der Waals surface area contributed by atoms with Gasteiger partial charge >= 0.3 is 0 Å². The summed E-state index contributed by atoms with van der Waals surface area (Å²) in [5, 5.41) is 7.26. The second kappa shape index (κ2) is 7.77. The number of H-pyrrole nitrogens is 1. The highest BCUT2D eigenvalue weighted by molar-refractivity contribution is 5.96. The van der Waals surface area contributed by atoms with Gasteiger partial charge in [-0.05, 0) is 63.7 Å². The highest BCUT2D eigenvalue weighted by Crippen LogP contribution is 2.35. The second-order valence-corrected chi connectivity index (χ2v) is 9.06. The smallest absolute Gasteiger partial charge is 0.256 e. The number of aryl methyl sites for hydroxylation is 2. The van der Waals surface area contributed by atoms with Crippen molar-refractivity contribution in [3.8, 4) is 0 Å². The van der Waals surface area contributed by atoms with Crippen molar-refractivity contribution in [3.05, 3.63) is 64.0 Å². The molecule has 0 aromatic carbocycles. The maximum atomic E-state index is 14.2. The van der Waals surface area contributed by atoms with Gasteiger partial charge in [0.05, 0.1) is 17.8 Å². The predicted molar refractivity (Wildman–Crippen MR) is 114 cm³/mol. The first-order valence-electron chi connectivity index (χ1n) is 11.1. The third-order valence-electron chi connectivity index (χ3n) is 6.90. The van der Waals surface area contributed by atoms with Crippen LogP contribution in [0.4, 0.5) is 8.78 Å². The lowest BCUT2D eigenvalue weighted by Gasteiger charge is -2.34. The van der Waals surface area contributed by atoms with Gasteiger partial charge in [-0.25, -0.2) is 8.78 Å². The molecule has 2 heterocycles. The molecule has 2 aromatic heterocycles. The largest absolute Gasteiger partial charge is 0.344 e. The molecular formula is C24H28F2N4O. The molecule has 2 aromatic rings. The Kier molecular flexibility index (Phi) is 5.07. The summed E-state index contributed by atoms with van der Waals surface area (Å²) in [5.41, 5.74) is 5.24. The molecule has 2 atom stereocenters. The van der Waals surface area contributed by atoms with Gasteiger partial charge < -0.3 is 9.47 Å². The van der Waals surface area contributed by atoms with E-state index in [9.17, 15) is 13.6 Å². The van der Waals surface area contributed by atoms with E-state index >= 15 is 0 Å². The van der Waals surface area contributed by atoms with E-state index in [-0.39, 0.29) is 18.4 Å². The molecule has 1 amide bonds. The van der Waals surface area contributed by atoms with Crippen molar-refractivity contribution in [2.45, 2.75) is 77.2 Å². The molecule has 164 valence electrons. The van der Waals surface area contributed by atoms with Crippen LogP contribution in [0.25, 0.3) is 0 Å². The Hall–Kier alpha value is -2.70. The van der Waals surface area contributed by atoms with E-state index in [1.165, 1.54) is 5.56 Å². The number of fused-ring (bicyclic) bond motifs is 1. The molecule has 0 aliphatic heterocycles. The van der Waals surface area contributed by atoms with E-state index < -0.39 is 12.0 Å². The number of aromatic nitrogens is 3. The van der Waals surface area contributed by atoms with E-state index in [0.717, 1.165) is 55.3 Å².